The summed E-state index contributed by atoms with van der Waals surface area (Å²) in [6.07, 6.45) is -0.648. The highest BCUT2D eigenvalue weighted by Crippen LogP contribution is 2.12. The van der Waals surface area contributed by atoms with Gasteiger partial charge in [-0.1, -0.05) is 36.4 Å². The molecule has 0 aromatic heterocycles. The highest BCUT2D eigenvalue weighted by Gasteiger charge is 2.07. The fourth-order valence-corrected chi connectivity index (χ4v) is 1.80. The molecule has 2 rings (SSSR count). The second-order valence-electron chi connectivity index (χ2n) is 4.29. The van der Waals surface area contributed by atoms with Gasteiger partial charge >= 0.3 is 0 Å². The van der Waals surface area contributed by atoms with Gasteiger partial charge in [0.1, 0.15) is 11.6 Å². The van der Waals surface area contributed by atoms with E-state index in [1.54, 1.807) is 0 Å². The minimum atomic E-state index is -0.648. The van der Waals surface area contributed by atoms with E-state index < -0.39 is 17.7 Å². The lowest BCUT2D eigenvalue weighted by molar-refractivity contribution is 0.174. The smallest absolute Gasteiger partial charge is 0.130 e. The van der Waals surface area contributed by atoms with Crippen LogP contribution in [-0.4, -0.2) is 11.7 Å². The molecule has 2 N–H and O–H groups in total. The number of aliphatic hydroxyl groups excluding tert-OH is 1. The van der Waals surface area contributed by atoms with Gasteiger partial charge in [0.2, 0.25) is 0 Å². The van der Waals surface area contributed by atoms with Crippen molar-refractivity contribution >= 4 is 0 Å². The Balaban J connectivity index is 1.86. The van der Waals surface area contributed by atoms with Crippen LogP contribution in [0.3, 0.4) is 0 Å². The molecular formula is C15H15F2NO. The molecule has 0 aliphatic rings. The summed E-state index contributed by atoms with van der Waals surface area (Å²) in [6.45, 7) is 0.552. The van der Waals surface area contributed by atoms with Crippen molar-refractivity contribution in [3.63, 3.8) is 0 Å². The number of nitrogens with one attached hydrogen (secondary N) is 1. The van der Waals surface area contributed by atoms with Crippen molar-refractivity contribution in [1.82, 2.24) is 5.32 Å². The fourth-order valence-electron chi connectivity index (χ4n) is 1.80. The topological polar surface area (TPSA) is 32.3 Å². The van der Waals surface area contributed by atoms with Crippen LogP contribution in [0, 0.1) is 11.6 Å². The molecule has 0 saturated carbocycles. The summed E-state index contributed by atoms with van der Waals surface area (Å²) in [5, 5.41) is 12.8. The molecule has 0 amide bonds. The number of rotatable bonds is 5. The zero-order valence-corrected chi connectivity index (χ0v) is 10.3. The van der Waals surface area contributed by atoms with Crippen molar-refractivity contribution in [3.8, 4) is 0 Å². The molecule has 100 valence electrons. The lowest BCUT2D eigenvalue weighted by atomic mass is 10.1. The van der Waals surface area contributed by atoms with E-state index in [2.05, 4.69) is 5.32 Å². The predicted molar refractivity (Wildman–Crippen MR) is 69.5 cm³/mol. The van der Waals surface area contributed by atoms with Crippen LogP contribution in [0.1, 0.15) is 17.2 Å². The van der Waals surface area contributed by atoms with Crippen LogP contribution in [0.15, 0.2) is 48.5 Å². The molecule has 2 nitrogen and oxygen atoms in total. The average Bonchev–Trinajstić information content (AvgIpc) is 2.42. The molecule has 4 heteroatoms. The molecule has 0 fully saturated rings. The summed E-state index contributed by atoms with van der Waals surface area (Å²) >= 11 is 0. The second-order valence-corrected chi connectivity index (χ2v) is 4.29. The van der Waals surface area contributed by atoms with Gasteiger partial charge in [-0.3, -0.25) is 0 Å². The Morgan fingerprint density at radius 3 is 2.47 bits per heavy atom. The third kappa shape index (κ3) is 3.84. The summed E-state index contributed by atoms with van der Waals surface area (Å²) in [6, 6.07) is 12.7. The van der Waals surface area contributed by atoms with Gasteiger partial charge in [0, 0.05) is 24.7 Å². The van der Waals surface area contributed by atoms with Gasteiger partial charge < -0.3 is 10.4 Å². The highest BCUT2D eigenvalue weighted by molar-refractivity contribution is 5.19. The van der Waals surface area contributed by atoms with Crippen molar-refractivity contribution in [1.29, 1.82) is 0 Å². The van der Waals surface area contributed by atoms with E-state index >= 15 is 0 Å². The van der Waals surface area contributed by atoms with Crippen LogP contribution < -0.4 is 5.32 Å². The number of halogens is 2. The molecule has 0 radical (unpaired) electrons. The van der Waals surface area contributed by atoms with Gasteiger partial charge in [0.15, 0.2) is 0 Å². The van der Waals surface area contributed by atoms with Gasteiger partial charge in [-0.15, -0.1) is 0 Å². The first kappa shape index (κ1) is 13.6. The summed E-state index contributed by atoms with van der Waals surface area (Å²) in [5.41, 5.74) is 1.18. The molecule has 2 aromatic rings. The van der Waals surface area contributed by atoms with Crippen LogP contribution in [-0.2, 0) is 6.54 Å². The van der Waals surface area contributed by atoms with E-state index in [1.807, 2.05) is 30.3 Å². The van der Waals surface area contributed by atoms with Crippen LogP contribution in [0.25, 0.3) is 0 Å². The van der Waals surface area contributed by atoms with Crippen molar-refractivity contribution < 1.29 is 13.9 Å². The minimum absolute atomic E-state index is 0.246. The fraction of sp³-hybridized carbons (Fsp3) is 0.200. The van der Waals surface area contributed by atoms with E-state index in [-0.39, 0.29) is 6.54 Å². The predicted octanol–water partition coefficient (Wildman–Crippen LogP) is 2.79. The molecule has 2 aromatic carbocycles. The van der Waals surface area contributed by atoms with E-state index in [0.29, 0.717) is 12.1 Å². The van der Waals surface area contributed by atoms with Gasteiger partial charge in [0.25, 0.3) is 0 Å². The maximum absolute atomic E-state index is 13.4. The lowest BCUT2D eigenvalue weighted by Gasteiger charge is -2.12. The van der Waals surface area contributed by atoms with E-state index in [9.17, 15) is 13.9 Å². The SMILES string of the molecule is OC(CNCc1ccc(F)cc1F)c1ccccc1. The van der Waals surface area contributed by atoms with Crippen LogP contribution in [0.4, 0.5) is 8.78 Å². The maximum atomic E-state index is 13.4. The second kappa shape index (κ2) is 6.41. The Morgan fingerprint density at radius 1 is 1.05 bits per heavy atom. The maximum Gasteiger partial charge on any atom is 0.130 e. The number of hydrogen-bond acceptors (Lipinski definition) is 2. The number of benzene rings is 2. The molecule has 0 spiro atoms. The van der Waals surface area contributed by atoms with E-state index in [4.69, 9.17) is 0 Å². The average molecular weight is 263 g/mol. The Morgan fingerprint density at radius 2 is 1.79 bits per heavy atom. The summed E-state index contributed by atoms with van der Waals surface area (Å²) < 4.78 is 26.1. The summed E-state index contributed by atoms with van der Waals surface area (Å²) in [5.74, 6) is -1.17. The van der Waals surface area contributed by atoms with Crippen molar-refractivity contribution in [3.05, 3.63) is 71.3 Å². The molecule has 0 saturated heterocycles. The molecule has 1 atom stereocenters. The third-order valence-corrected chi connectivity index (χ3v) is 2.85. The molecule has 19 heavy (non-hydrogen) atoms. The normalized spacial score (nSPS) is 12.4. The monoisotopic (exact) mass is 263 g/mol. The standard InChI is InChI=1S/C15H15F2NO/c16-13-7-6-12(14(17)8-13)9-18-10-15(19)11-4-2-1-3-5-11/h1-8,15,18-19H,9-10H2. The van der Waals surface area contributed by atoms with Crippen molar-refractivity contribution in [2.75, 3.05) is 6.54 Å². The first-order chi connectivity index (χ1) is 9.16. The van der Waals surface area contributed by atoms with Crippen LogP contribution in [0.5, 0.6) is 0 Å². The Kier molecular flexibility index (Phi) is 4.60. The highest BCUT2D eigenvalue weighted by atomic mass is 19.1. The molecule has 1 unspecified atom stereocenters. The Hall–Kier alpha value is -1.78. The van der Waals surface area contributed by atoms with Crippen LogP contribution in [0.2, 0.25) is 0 Å². The molecule has 0 aliphatic carbocycles. The quantitative estimate of drug-likeness (QED) is 0.869. The molecule has 0 aliphatic heterocycles. The Labute approximate surface area is 110 Å². The van der Waals surface area contributed by atoms with Gasteiger partial charge in [0.05, 0.1) is 6.10 Å². The van der Waals surface area contributed by atoms with Crippen molar-refractivity contribution in [2.45, 2.75) is 12.6 Å². The van der Waals surface area contributed by atoms with Gasteiger partial charge in [-0.2, -0.15) is 0 Å². The van der Waals surface area contributed by atoms with E-state index in [1.165, 1.54) is 12.1 Å². The zero-order valence-electron chi connectivity index (χ0n) is 10.3. The van der Waals surface area contributed by atoms with E-state index in [0.717, 1.165) is 11.6 Å². The molecule has 0 heterocycles. The lowest BCUT2D eigenvalue weighted by Crippen LogP contribution is -2.21. The summed E-state index contributed by atoms with van der Waals surface area (Å²) in [4.78, 5) is 0. The first-order valence-corrected chi connectivity index (χ1v) is 6.04. The number of aliphatic hydroxyl groups is 1. The van der Waals surface area contributed by atoms with Gasteiger partial charge in [-0.25, -0.2) is 8.78 Å². The first-order valence-electron chi connectivity index (χ1n) is 6.04. The number of hydrogen-bond donors (Lipinski definition) is 2. The molecular weight excluding hydrogens is 248 g/mol. The Bertz CT molecular complexity index is 531. The third-order valence-electron chi connectivity index (χ3n) is 2.85. The zero-order chi connectivity index (χ0) is 13.7. The van der Waals surface area contributed by atoms with Gasteiger partial charge in [-0.05, 0) is 11.6 Å². The largest absolute Gasteiger partial charge is 0.387 e. The molecule has 0 bridgehead atoms. The summed E-state index contributed by atoms with van der Waals surface area (Å²) in [7, 11) is 0. The minimum Gasteiger partial charge on any atom is -0.387 e. The van der Waals surface area contributed by atoms with Crippen molar-refractivity contribution in [2.24, 2.45) is 0 Å². The van der Waals surface area contributed by atoms with Crippen LogP contribution >= 0.6 is 0 Å².